The lowest BCUT2D eigenvalue weighted by Gasteiger charge is -2.23. The molecule has 0 bridgehead atoms. The van der Waals surface area contributed by atoms with Gasteiger partial charge >= 0.3 is 0 Å². The minimum absolute atomic E-state index is 0.203. The van der Waals surface area contributed by atoms with E-state index in [-0.39, 0.29) is 12.4 Å². The van der Waals surface area contributed by atoms with Gasteiger partial charge in [-0.2, -0.15) is 0 Å². The van der Waals surface area contributed by atoms with Crippen molar-refractivity contribution < 1.29 is 14.2 Å². The molecule has 2 aromatic rings. The molecule has 1 aromatic carbocycles. The molecule has 130 valence electrons. The van der Waals surface area contributed by atoms with E-state index in [0.717, 1.165) is 36.7 Å². The second-order valence-corrected chi connectivity index (χ2v) is 6.54. The van der Waals surface area contributed by atoms with Gasteiger partial charge in [0.1, 0.15) is 29.6 Å². The number of aromatic nitrogens is 2. The normalized spacial score (nSPS) is 21.3. The van der Waals surface area contributed by atoms with E-state index >= 15 is 0 Å². The molecule has 1 aliphatic heterocycles. The minimum Gasteiger partial charge on any atom is -0.491 e. The highest BCUT2D eigenvalue weighted by molar-refractivity contribution is 5.22. The first-order chi connectivity index (χ1) is 11.5. The molecule has 6 heteroatoms. The summed E-state index contributed by atoms with van der Waals surface area (Å²) in [5.74, 6) is 1.27. The largest absolute Gasteiger partial charge is 0.491 e. The van der Waals surface area contributed by atoms with Gasteiger partial charge in [-0.25, -0.2) is 9.37 Å². The average molecular weight is 333 g/mol. The molecule has 24 heavy (non-hydrogen) atoms. The van der Waals surface area contributed by atoms with Crippen LogP contribution in [-0.2, 0) is 13.0 Å². The molecule has 1 aliphatic rings. The molecule has 1 atom stereocenters. The first-order valence-electron chi connectivity index (χ1n) is 8.35. The molecule has 5 nitrogen and oxygen atoms in total. The van der Waals surface area contributed by atoms with Gasteiger partial charge in [0.2, 0.25) is 0 Å². The lowest BCUT2D eigenvalue weighted by molar-refractivity contribution is 0.00328. The number of nitrogens with one attached hydrogen (secondary N) is 1. The summed E-state index contributed by atoms with van der Waals surface area (Å²) in [5.41, 5.74) is 1.24. The lowest BCUT2D eigenvalue weighted by atomic mass is 10.1. The Labute approximate surface area is 141 Å². The van der Waals surface area contributed by atoms with E-state index in [2.05, 4.69) is 21.8 Å². The number of halogens is 1. The smallest absolute Gasteiger partial charge is 0.123 e. The van der Waals surface area contributed by atoms with Gasteiger partial charge in [0.05, 0.1) is 5.69 Å². The fourth-order valence-electron chi connectivity index (χ4n) is 3.04. The number of benzene rings is 1. The molecule has 2 heterocycles. The van der Waals surface area contributed by atoms with Crippen molar-refractivity contribution in [1.29, 1.82) is 0 Å². The Hall–Kier alpha value is -1.92. The Morgan fingerprint density at radius 2 is 2.12 bits per heavy atom. The van der Waals surface area contributed by atoms with Crippen LogP contribution in [0.3, 0.4) is 0 Å². The van der Waals surface area contributed by atoms with Crippen LogP contribution in [-0.4, -0.2) is 45.3 Å². The predicted molar refractivity (Wildman–Crippen MR) is 89.4 cm³/mol. The summed E-state index contributed by atoms with van der Waals surface area (Å²) in [6, 6.07) is 5.85. The lowest BCUT2D eigenvalue weighted by Crippen LogP contribution is -2.39. The van der Waals surface area contributed by atoms with Crippen molar-refractivity contribution in [2.45, 2.75) is 38.8 Å². The number of rotatable bonds is 6. The van der Waals surface area contributed by atoms with Gasteiger partial charge in [-0.3, -0.25) is 4.90 Å². The minimum atomic E-state index is -0.883. The molecule has 1 fully saturated rings. The van der Waals surface area contributed by atoms with Crippen molar-refractivity contribution in [2.24, 2.45) is 0 Å². The van der Waals surface area contributed by atoms with Gasteiger partial charge in [-0.05, 0) is 37.6 Å². The van der Waals surface area contributed by atoms with Gasteiger partial charge in [0.15, 0.2) is 0 Å². The number of aryl methyl sites for hydroxylation is 2. The molecule has 0 unspecified atom stereocenters. The van der Waals surface area contributed by atoms with Crippen molar-refractivity contribution >= 4 is 0 Å². The molecule has 0 spiro atoms. The monoisotopic (exact) mass is 333 g/mol. The fourth-order valence-corrected chi connectivity index (χ4v) is 3.04. The number of hydrogen-bond acceptors (Lipinski definition) is 4. The van der Waals surface area contributed by atoms with E-state index in [0.29, 0.717) is 18.7 Å². The van der Waals surface area contributed by atoms with Gasteiger partial charge < -0.3 is 14.8 Å². The maximum Gasteiger partial charge on any atom is 0.123 e. The Morgan fingerprint density at radius 3 is 2.79 bits per heavy atom. The number of hydrogen-bond donors (Lipinski definition) is 2. The van der Waals surface area contributed by atoms with Gasteiger partial charge in [0, 0.05) is 31.7 Å². The van der Waals surface area contributed by atoms with E-state index in [1.807, 2.05) is 6.92 Å². The number of β-amino-alcohol motifs (C(OH)–C–C–N with tert-alkyl or cyclic N) is 1. The molecule has 0 saturated carbocycles. The third-order valence-corrected chi connectivity index (χ3v) is 4.48. The molecule has 0 aliphatic carbocycles. The Kier molecular flexibility index (Phi) is 4.87. The van der Waals surface area contributed by atoms with Crippen LogP contribution in [0.2, 0.25) is 0 Å². The van der Waals surface area contributed by atoms with Crippen molar-refractivity contribution in [1.82, 2.24) is 14.9 Å². The topological polar surface area (TPSA) is 61.4 Å². The maximum atomic E-state index is 12.9. The SMILES string of the molecule is CCc1nc(CN2CC[C@@](O)(COc3ccc(F)cc3)C2)c(C)[nH]1. The Bertz CT molecular complexity index is 686. The second kappa shape index (κ2) is 6.91. The standard InChI is InChI=1S/C18H24FN3O2/c1-3-17-20-13(2)16(21-17)10-22-9-8-18(23,11-22)12-24-15-6-4-14(19)5-7-15/h4-7,23H,3,8-12H2,1-2H3,(H,20,21)/t18-/m0/s1. The van der Waals surface area contributed by atoms with Crippen LogP contribution in [0.4, 0.5) is 4.39 Å². The van der Waals surface area contributed by atoms with Crippen LogP contribution in [0.25, 0.3) is 0 Å². The maximum absolute atomic E-state index is 12.9. The fraction of sp³-hybridized carbons (Fsp3) is 0.500. The van der Waals surface area contributed by atoms with E-state index in [4.69, 9.17) is 4.74 Å². The summed E-state index contributed by atoms with van der Waals surface area (Å²) >= 11 is 0. The van der Waals surface area contributed by atoms with Crippen molar-refractivity contribution in [3.63, 3.8) is 0 Å². The summed E-state index contributed by atoms with van der Waals surface area (Å²) in [6.45, 7) is 6.37. The van der Waals surface area contributed by atoms with Crippen molar-refractivity contribution in [3.05, 3.63) is 47.3 Å². The zero-order valence-electron chi connectivity index (χ0n) is 14.2. The summed E-state index contributed by atoms with van der Waals surface area (Å²) in [6.07, 6.45) is 1.54. The van der Waals surface area contributed by atoms with Crippen LogP contribution in [0.1, 0.15) is 30.6 Å². The number of ether oxygens (including phenoxy) is 1. The summed E-state index contributed by atoms with van der Waals surface area (Å²) in [5, 5.41) is 10.7. The third-order valence-electron chi connectivity index (χ3n) is 4.48. The van der Waals surface area contributed by atoms with Gasteiger partial charge in [-0.1, -0.05) is 6.92 Å². The molecular weight excluding hydrogens is 309 g/mol. The van der Waals surface area contributed by atoms with Gasteiger partial charge in [-0.15, -0.1) is 0 Å². The zero-order chi connectivity index (χ0) is 17.2. The average Bonchev–Trinajstić information content (AvgIpc) is 3.11. The van der Waals surface area contributed by atoms with Crippen LogP contribution in [0.15, 0.2) is 24.3 Å². The number of H-pyrrole nitrogens is 1. The van der Waals surface area contributed by atoms with Crippen LogP contribution >= 0.6 is 0 Å². The van der Waals surface area contributed by atoms with Crippen LogP contribution < -0.4 is 4.74 Å². The molecule has 0 amide bonds. The molecule has 1 saturated heterocycles. The predicted octanol–water partition coefficient (Wildman–Crippen LogP) is 2.44. The van der Waals surface area contributed by atoms with Crippen molar-refractivity contribution in [3.8, 4) is 5.75 Å². The van der Waals surface area contributed by atoms with Gasteiger partial charge in [0.25, 0.3) is 0 Å². The number of likely N-dealkylation sites (tertiary alicyclic amines) is 1. The number of nitrogens with zero attached hydrogens (tertiary/aromatic N) is 2. The Morgan fingerprint density at radius 1 is 1.38 bits per heavy atom. The van der Waals surface area contributed by atoms with E-state index in [9.17, 15) is 9.50 Å². The molecule has 0 radical (unpaired) electrons. The molecule has 2 N–H and O–H groups in total. The molecule has 3 rings (SSSR count). The second-order valence-electron chi connectivity index (χ2n) is 6.54. The summed E-state index contributed by atoms with van der Waals surface area (Å²) < 4.78 is 18.5. The van der Waals surface area contributed by atoms with Crippen molar-refractivity contribution in [2.75, 3.05) is 19.7 Å². The molecular formula is C18H24FN3O2. The highest BCUT2D eigenvalue weighted by Gasteiger charge is 2.37. The first-order valence-corrected chi connectivity index (χ1v) is 8.35. The number of aliphatic hydroxyl groups is 1. The highest BCUT2D eigenvalue weighted by Crippen LogP contribution is 2.25. The Balaban J connectivity index is 1.55. The third kappa shape index (κ3) is 3.94. The quantitative estimate of drug-likeness (QED) is 0.852. The molecule has 1 aromatic heterocycles. The zero-order valence-corrected chi connectivity index (χ0v) is 14.2. The highest BCUT2D eigenvalue weighted by atomic mass is 19.1. The van der Waals surface area contributed by atoms with Crippen LogP contribution in [0.5, 0.6) is 5.75 Å². The number of imidazole rings is 1. The van der Waals surface area contributed by atoms with E-state index < -0.39 is 5.60 Å². The summed E-state index contributed by atoms with van der Waals surface area (Å²) in [4.78, 5) is 10.1. The first kappa shape index (κ1) is 16.9. The van der Waals surface area contributed by atoms with Crippen LogP contribution in [0, 0.1) is 12.7 Å². The van der Waals surface area contributed by atoms with E-state index in [1.54, 1.807) is 12.1 Å². The number of aromatic amines is 1. The summed E-state index contributed by atoms with van der Waals surface area (Å²) in [7, 11) is 0. The van der Waals surface area contributed by atoms with E-state index in [1.165, 1.54) is 12.1 Å².